The first-order valence-corrected chi connectivity index (χ1v) is 11.9. The predicted molar refractivity (Wildman–Crippen MR) is 132 cm³/mol. The Balaban J connectivity index is 1.57. The molecule has 0 bridgehead atoms. The number of nitrogens with one attached hydrogen (secondary N) is 2. The molecule has 0 spiro atoms. The summed E-state index contributed by atoms with van der Waals surface area (Å²) in [5.74, 6) is -1.65. The zero-order valence-electron chi connectivity index (χ0n) is 20.5. The van der Waals surface area contributed by atoms with Gasteiger partial charge in [0.2, 0.25) is 5.91 Å². The molecule has 0 fully saturated rings. The lowest BCUT2D eigenvalue weighted by molar-refractivity contribution is -0.142. The van der Waals surface area contributed by atoms with Gasteiger partial charge in [-0.1, -0.05) is 62.4 Å². The van der Waals surface area contributed by atoms with Gasteiger partial charge in [0, 0.05) is 32.1 Å². The molecule has 8 nitrogen and oxygen atoms in total. The zero-order chi connectivity index (χ0) is 25.4. The van der Waals surface area contributed by atoms with E-state index >= 15 is 0 Å². The molecule has 2 aromatic rings. The Kier molecular flexibility index (Phi) is 9.25. The molecule has 0 heterocycles. The molecule has 8 heteroatoms. The minimum Gasteiger partial charge on any atom is -0.480 e. The van der Waals surface area contributed by atoms with Crippen LogP contribution in [-0.2, 0) is 19.1 Å². The minimum atomic E-state index is -1.10. The lowest BCUT2D eigenvalue weighted by Gasteiger charge is -2.23. The highest BCUT2D eigenvalue weighted by Crippen LogP contribution is 2.44. The van der Waals surface area contributed by atoms with Crippen molar-refractivity contribution in [3.8, 4) is 11.1 Å². The molecule has 0 radical (unpaired) electrons. The predicted octanol–water partition coefficient (Wildman–Crippen LogP) is 3.94. The fraction of sp³-hybridized carbons (Fsp3) is 0.444. The quantitative estimate of drug-likeness (QED) is 0.395. The van der Waals surface area contributed by atoms with Crippen molar-refractivity contribution >= 4 is 18.0 Å². The average Bonchev–Trinajstić information content (AvgIpc) is 3.15. The van der Waals surface area contributed by atoms with E-state index in [1.807, 2.05) is 50.2 Å². The van der Waals surface area contributed by atoms with Gasteiger partial charge in [0.25, 0.3) is 0 Å². The number of ether oxygens (including phenoxy) is 2. The molecule has 1 unspecified atom stereocenters. The SMILES string of the molecule is COCCCC(NC(=O)C[C@H](NC(=O)OCC1c2ccccc2-c2ccccc21)C(C)C)C(=O)O. The molecule has 0 saturated carbocycles. The number of benzene rings is 2. The molecule has 188 valence electrons. The second-order valence-corrected chi connectivity index (χ2v) is 9.12. The third kappa shape index (κ3) is 6.82. The van der Waals surface area contributed by atoms with Crippen LogP contribution in [0.15, 0.2) is 48.5 Å². The Morgan fingerprint density at radius 1 is 0.971 bits per heavy atom. The van der Waals surface area contributed by atoms with E-state index in [-0.39, 0.29) is 31.3 Å². The van der Waals surface area contributed by atoms with Crippen molar-refractivity contribution in [1.82, 2.24) is 10.6 Å². The number of carboxylic acids is 1. The van der Waals surface area contributed by atoms with Gasteiger partial charge in [-0.3, -0.25) is 4.79 Å². The molecule has 2 atom stereocenters. The number of fused-ring (bicyclic) bond motifs is 3. The van der Waals surface area contributed by atoms with Gasteiger partial charge in [-0.05, 0) is 41.0 Å². The smallest absolute Gasteiger partial charge is 0.407 e. The molecular weight excluding hydrogens is 448 g/mol. The van der Waals surface area contributed by atoms with Crippen molar-refractivity contribution in [3.05, 3.63) is 59.7 Å². The number of rotatable bonds is 12. The third-order valence-electron chi connectivity index (χ3n) is 6.33. The molecule has 35 heavy (non-hydrogen) atoms. The van der Waals surface area contributed by atoms with Crippen LogP contribution in [0.4, 0.5) is 4.79 Å². The Morgan fingerprint density at radius 3 is 2.11 bits per heavy atom. The third-order valence-corrected chi connectivity index (χ3v) is 6.33. The van der Waals surface area contributed by atoms with Gasteiger partial charge in [0.05, 0.1) is 0 Å². The number of hydrogen-bond acceptors (Lipinski definition) is 5. The highest BCUT2D eigenvalue weighted by Gasteiger charge is 2.30. The summed E-state index contributed by atoms with van der Waals surface area (Å²) in [7, 11) is 1.54. The van der Waals surface area contributed by atoms with Crippen molar-refractivity contribution in [2.75, 3.05) is 20.3 Å². The van der Waals surface area contributed by atoms with Crippen LogP contribution in [0.1, 0.15) is 50.2 Å². The van der Waals surface area contributed by atoms with Crippen LogP contribution in [0.2, 0.25) is 0 Å². The van der Waals surface area contributed by atoms with Crippen LogP contribution < -0.4 is 10.6 Å². The van der Waals surface area contributed by atoms with Crippen LogP contribution >= 0.6 is 0 Å². The molecule has 1 aliphatic rings. The van der Waals surface area contributed by atoms with Crippen LogP contribution in [0.25, 0.3) is 11.1 Å². The zero-order valence-corrected chi connectivity index (χ0v) is 20.5. The Morgan fingerprint density at radius 2 is 1.57 bits per heavy atom. The maximum absolute atomic E-state index is 12.7. The second-order valence-electron chi connectivity index (χ2n) is 9.12. The lowest BCUT2D eigenvalue weighted by atomic mass is 9.98. The molecule has 2 amide bonds. The summed E-state index contributed by atoms with van der Waals surface area (Å²) >= 11 is 0. The number of carboxylic acid groups (broad SMARTS) is 1. The molecule has 3 N–H and O–H groups in total. The molecule has 0 aromatic heterocycles. The maximum Gasteiger partial charge on any atom is 0.407 e. The highest BCUT2D eigenvalue weighted by molar-refractivity contribution is 5.84. The average molecular weight is 483 g/mol. The van der Waals surface area contributed by atoms with E-state index in [9.17, 15) is 19.5 Å². The van der Waals surface area contributed by atoms with Gasteiger partial charge in [0.15, 0.2) is 0 Å². The lowest BCUT2D eigenvalue weighted by Crippen LogP contribution is -2.46. The molecule has 0 aliphatic heterocycles. The van der Waals surface area contributed by atoms with Gasteiger partial charge in [0.1, 0.15) is 12.6 Å². The van der Waals surface area contributed by atoms with Gasteiger partial charge < -0.3 is 25.2 Å². The number of amides is 2. The molecule has 3 rings (SSSR count). The Hall–Kier alpha value is -3.39. The number of hydrogen-bond donors (Lipinski definition) is 3. The van der Waals surface area contributed by atoms with E-state index < -0.39 is 30.1 Å². The van der Waals surface area contributed by atoms with Crippen molar-refractivity contribution in [2.45, 2.75) is 51.1 Å². The minimum absolute atomic E-state index is 0.0457. The summed E-state index contributed by atoms with van der Waals surface area (Å²) < 4.78 is 10.5. The number of alkyl carbamates (subject to hydrolysis) is 1. The van der Waals surface area contributed by atoms with E-state index in [1.54, 1.807) is 0 Å². The molecule has 1 aliphatic carbocycles. The molecule has 0 saturated heterocycles. The van der Waals surface area contributed by atoms with Crippen LogP contribution in [0, 0.1) is 5.92 Å². The number of methoxy groups -OCH3 is 1. The van der Waals surface area contributed by atoms with Gasteiger partial charge in [-0.25, -0.2) is 9.59 Å². The normalized spacial score (nSPS) is 14.1. The summed E-state index contributed by atoms with van der Waals surface area (Å²) in [5.41, 5.74) is 4.53. The monoisotopic (exact) mass is 482 g/mol. The van der Waals surface area contributed by atoms with E-state index in [0.717, 1.165) is 22.3 Å². The van der Waals surface area contributed by atoms with Crippen molar-refractivity contribution in [1.29, 1.82) is 0 Å². The van der Waals surface area contributed by atoms with E-state index in [0.29, 0.717) is 13.0 Å². The standard InChI is InChI=1S/C27H34N2O6/c1-17(2)24(15-25(30)28-23(26(31)32)13-8-14-34-3)29-27(33)35-16-22-20-11-6-4-9-18(20)19-10-5-7-12-21(19)22/h4-7,9-12,17,22-24H,8,13-16H2,1-3H3,(H,28,30)(H,29,33)(H,31,32)/t23?,24-/m0/s1. The van der Waals surface area contributed by atoms with Crippen molar-refractivity contribution < 1.29 is 29.0 Å². The summed E-state index contributed by atoms with van der Waals surface area (Å²) in [6.45, 7) is 4.36. The number of aliphatic carboxylic acids is 1. The largest absolute Gasteiger partial charge is 0.480 e. The number of carbonyl (C=O) groups excluding carboxylic acids is 2. The first kappa shape index (κ1) is 26.2. The summed E-state index contributed by atoms with van der Waals surface area (Å²) in [6.07, 6.45) is 0.129. The van der Waals surface area contributed by atoms with Gasteiger partial charge in [-0.2, -0.15) is 0 Å². The summed E-state index contributed by atoms with van der Waals surface area (Å²) in [5, 5.41) is 14.7. The topological polar surface area (TPSA) is 114 Å². The van der Waals surface area contributed by atoms with E-state index in [2.05, 4.69) is 22.8 Å². The first-order valence-electron chi connectivity index (χ1n) is 11.9. The van der Waals surface area contributed by atoms with E-state index in [1.165, 1.54) is 7.11 Å². The second kappa shape index (κ2) is 12.4. The Labute approximate surface area is 206 Å². The molecule has 2 aromatic carbocycles. The fourth-order valence-corrected chi connectivity index (χ4v) is 4.39. The summed E-state index contributed by atoms with van der Waals surface area (Å²) in [6, 6.07) is 14.7. The van der Waals surface area contributed by atoms with E-state index in [4.69, 9.17) is 9.47 Å². The fourth-order valence-electron chi connectivity index (χ4n) is 4.39. The molecular formula is C27H34N2O6. The van der Waals surface area contributed by atoms with Crippen molar-refractivity contribution in [2.24, 2.45) is 5.92 Å². The summed E-state index contributed by atoms with van der Waals surface area (Å²) in [4.78, 5) is 36.7. The van der Waals surface area contributed by atoms with Gasteiger partial charge >= 0.3 is 12.1 Å². The first-order chi connectivity index (χ1) is 16.8. The maximum atomic E-state index is 12.7. The van der Waals surface area contributed by atoms with Crippen LogP contribution in [0.5, 0.6) is 0 Å². The highest BCUT2D eigenvalue weighted by atomic mass is 16.5. The van der Waals surface area contributed by atoms with Gasteiger partial charge in [-0.15, -0.1) is 0 Å². The number of carbonyl (C=O) groups is 3. The van der Waals surface area contributed by atoms with Crippen LogP contribution in [0.3, 0.4) is 0 Å². The Bertz CT molecular complexity index is 992. The van der Waals surface area contributed by atoms with Crippen molar-refractivity contribution in [3.63, 3.8) is 0 Å². The van der Waals surface area contributed by atoms with Crippen LogP contribution in [-0.4, -0.2) is 55.5 Å².